The minimum Gasteiger partial charge on any atom is -0.482 e. The summed E-state index contributed by atoms with van der Waals surface area (Å²) in [6.07, 6.45) is 0.233. The molecule has 11 heteroatoms. The molecule has 0 atom stereocenters. The maximum atomic E-state index is 12.4. The van der Waals surface area contributed by atoms with E-state index in [1.807, 2.05) is 13.8 Å². The number of amides is 1. The van der Waals surface area contributed by atoms with Gasteiger partial charge in [-0.2, -0.15) is 13.2 Å². The van der Waals surface area contributed by atoms with E-state index in [4.69, 9.17) is 9.47 Å². The van der Waals surface area contributed by atoms with Crippen LogP contribution in [0.25, 0.3) is 0 Å². The summed E-state index contributed by atoms with van der Waals surface area (Å²) in [5.41, 5.74) is 0.0345. The molecule has 2 aromatic rings. The van der Waals surface area contributed by atoms with Gasteiger partial charge < -0.3 is 20.1 Å². The summed E-state index contributed by atoms with van der Waals surface area (Å²) >= 11 is 0. The molecule has 158 valence electrons. The fraction of sp³-hybridized carbons (Fsp3) is 0.444. The van der Waals surface area contributed by atoms with Crippen molar-refractivity contribution < 1.29 is 27.4 Å². The van der Waals surface area contributed by atoms with Crippen LogP contribution in [0.2, 0.25) is 0 Å². The summed E-state index contributed by atoms with van der Waals surface area (Å²) in [5, 5.41) is 5.43. The van der Waals surface area contributed by atoms with Gasteiger partial charge in [0.2, 0.25) is 5.95 Å². The van der Waals surface area contributed by atoms with E-state index in [0.29, 0.717) is 13.2 Å². The van der Waals surface area contributed by atoms with E-state index < -0.39 is 18.7 Å². The molecule has 0 radical (unpaired) electrons. The Morgan fingerprint density at radius 3 is 2.76 bits per heavy atom. The van der Waals surface area contributed by atoms with E-state index in [2.05, 4.69) is 25.6 Å². The highest BCUT2D eigenvalue weighted by atomic mass is 19.4. The van der Waals surface area contributed by atoms with E-state index in [-0.39, 0.29) is 29.2 Å². The Balaban J connectivity index is 1.96. The Morgan fingerprint density at radius 1 is 1.24 bits per heavy atom. The predicted molar refractivity (Wildman–Crippen MR) is 100.0 cm³/mol. The number of hydrogen-bond acceptors (Lipinski definition) is 7. The molecule has 0 bridgehead atoms. The van der Waals surface area contributed by atoms with E-state index in [0.717, 1.165) is 6.42 Å². The summed E-state index contributed by atoms with van der Waals surface area (Å²) in [7, 11) is 0. The number of hydrogen-bond donors (Lipinski definition) is 2. The van der Waals surface area contributed by atoms with E-state index in [1.54, 1.807) is 0 Å². The quantitative estimate of drug-likeness (QED) is 0.577. The van der Waals surface area contributed by atoms with Gasteiger partial charge in [-0.3, -0.25) is 9.78 Å². The summed E-state index contributed by atoms with van der Waals surface area (Å²) in [5.74, 6) is -0.534. The van der Waals surface area contributed by atoms with Gasteiger partial charge >= 0.3 is 6.18 Å². The summed E-state index contributed by atoms with van der Waals surface area (Å²) in [6, 6.07) is 2.61. The van der Waals surface area contributed by atoms with E-state index in [1.165, 1.54) is 30.7 Å². The second-order valence-corrected chi connectivity index (χ2v) is 6.20. The Kier molecular flexibility index (Phi) is 8.13. The molecule has 2 heterocycles. The molecule has 2 aromatic heterocycles. The summed E-state index contributed by atoms with van der Waals surface area (Å²) < 4.78 is 47.3. The van der Waals surface area contributed by atoms with Crippen LogP contribution in [0.5, 0.6) is 5.75 Å². The molecule has 0 saturated heterocycles. The van der Waals surface area contributed by atoms with Gasteiger partial charge in [0, 0.05) is 31.6 Å². The van der Waals surface area contributed by atoms with Crippen molar-refractivity contribution in [2.75, 3.05) is 30.4 Å². The first-order chi connectivity index (χ1) is 13.7. The first kappa shape index (κ1) is 22.3. The number of anilines is 2. The lowest BCUT2D eigenvalue weighted by atomic mass is 10.3. The monoisotopic (exact) mass is 413 g/mol. The zero-order chi connectivity index (χ0) is 21.3. The number of rotatable bonds is 10. The van der Waals surface area contributed by atoms with Crippen LogP contribution in [0.4, 0.5) is 24.8 Å². The average Bonchev–Trinajstić information content (AvgIpc) is 2.66. The van der Waals surface area contributed by atoms with Crippen LogP contribution in [0.3, 0.4) is 0 Å². The van der Waals surface area contributed by atoms with Crippen LogP contribution in [-0.2, 0) is 4.74 Å². The molecule has 0 aliphatic rings. The molecule has 2 rings (SSSR count). The lowest BCUT2D eigenvalue weighted by Crippen LogP contribution is -2.21. The number of pyridine rings is 1. The van der Waals surface area contributed by atoms with Crippen molar-refractivity contribution >= 4 is 17.5 Å². The number of carbonyl (C=O) groups is 1. The van der Waals surface area contributed by atoms with Crippen LogP contribution >= 0.6 is 0 Å². The van der Waals surface area contributed by atoms with Gasteiger partial charge in [-0.25, -0.2) is 9.97 Å². The van der Waals surface area contributed by atoms with E-state index >= 15 is 0 Å². The van der Waals surface area contributed by atoms with Crippen LogP contribution in [0.1, 0.15) is 30.8 Å². The van der Waals surface area contributed by atoms with E-state index in [9.17, 15) is 18.0 Å². The van der Waals surface area contributed by atoms with Gasteiger partial charge in [-0.1, -0.05) is 0 Å². The van der Waals surface area contributed by atoms with Crippen molar-refractivity contribution in [2.24, 2.45) is 0 Å². The fourth-order valence-corrected chi connectivity index (χ4v) is 2.11. The number of nitrogens with zero attached hydrogens (tertiary/aromatic N) is 3. The molecule has 0 unspecified atom stereocenters. The van der Waals surface area contributed by atoms with Crippen molar-refractivity contribution in [3.05, 3.63) is 36.4 Å². The average molecular weight is 413 g/mol. The zero-order valence-electron chi connectivity index (χ0n) is 16.0. The third kappa shape index (κ3) is 8.30. The Hall–Kier alpha value is -2.95. The molecule has 0 spiro atoms. The second-order valence-electron chi connectivity index (χ2n) is 6.20. The molecule has 0 saturated carbocycles. The lowest BCUT2D eigenvalue weighted by Gasteiger charge is -2.13. The number of alkyl halides is 3. The minimum atomic E-state index is -4.50. The predicted octanol–water partition coefficient (Wildman–Crippen LogP) is 3.29. The smallest absolute Gasteiger partial charge is 0.422 e. The third-order valence-corrected chi connectivity index (χ3v) is 3.36. The van der Waals surface area contributed by atoms with Crippen LogP contribution in [-0.4, -0.2) is 52.9 Å². The largest absolute Gasteiger partial charge is 0.482 e. The Labute approximate surface area is 165 Å². The molecule has 0 aliphatic carbocycles. The van der Waals surface area contributed by atoms with Gasteiger partial charge in [0.1, 0.15) is 17.1 Å². The maximum Gasteiger partial charge on any atom is 0.422 e. The van der Waals surface area contributed by atoms with Crippen molar-refractivity contribution in [1.29, 1.82) is 0 Å². The Morgan fingerprint density at radius 2 is 2.03 bits per heavy atom. The highest BCUT2D eigenvalue weighted by molar-refractivity contribution is 6.03. The molecule has 0 aliphatic heterocycles. The minimum absolute atomic E-state index is 0.000653. The van der Waals surface area contributed by atoms with Crippen LogP contribution in [0.15, 0.2) is 30.7 Å². The first-order valence-electron chi connectivity index (χ1n) is 8.88. The molecule has 0 fully saturated rings. The highest BCUT2D eigenvalue weighted by Crippen LogP contribution is 2.25. The first-order valence-corrected chi connectivity index (χ1v) is 8.88. The van der Waals surface area contributed by atoms with Gasteiger partial charge in [-0.15, -0.1) is 0 Å². The van der Waals surface area contributed by atoms with Gasteiger partial charge in [0.25, 0.3) is 5.91 Å². The zero-order valence-corrected chi connectivity index (χ0v) is 16.0. The Bertz CT molecular complexity index is 802. The topological polar surface area (TPSA) is 98.3 Å². The molecular weight excluding hydrogens is 391 g/mol. The molecule has 2 N–H and O–H groups in total. The van der Waals surface area contributed by atoms with Gasteiger partial charge in [-0.05, 0) is 26.3 Å². The standard InChI is InChI=1S/C18H22F3N5O3/c1-12(2)28-9-3-6-23-17-24-8-4-13(26-17)16(27)25-14-10-22-7-5-15(14)29-11-18(19,20)21/h4-5,7-8,10,12H,3,6,9,11H2,1-2H3,(H,25,27)(H,23,24,26). The van der Waals surface area contributed by atoms with Crippen molar-refractivity contribution in [1.82, 2.24) is 15.0 Å². The maximum absolute atomic E-state index is 12.4. The van der Waals surface area contributed by atoms with Crippen LogP contribution < -0.4 is 15.4 Å². The number of ether oxygens (including phenoxy) is 2. The third-order valence-electron chi connectivity index (χ3n) is 3.36. The summed E-state index contributed by atoms with van der Waals surface area (Å²) in [4.78, 5) is 24.3. The SMILES string of the molecule is CC(C)OCCCNc1nccc(C(=O)Nc2cnccc2OCC(F)(F)F)n1. The lowest BCUT2D eigenvalue weighted by molar-refractivity contribution is -0.153. The number of carbonyl (C=O) groups excluding carboxylic acids is 1. The highest BCUT2D eigenvalue weighted by Gasteiger charge is 2.29. The van der Waals surface area contributed by atoms with Gasteiger partial charge in [0.15, 0.2) is 6.61 Å². The number of nitrogens with one attached hydrogen (secondary N) is 2. The second kappa shape index (κ2) is 10.6. The van der Waals surface area contributed by atoms with Crippen molar-refractivity contribution in [3.63, 3.8) is 0 Å². The van der Waals surface area contributed by atoms with Gasteiger partial charge in [0.05, 0.1) is 12.3 Å². The number of aromatic nitrogens is 3. The molecule has 8 nitrogen and oxygen atoms in total. The molecule has 1 amide bonds. The van der Waals surface area contributed by atoms with Crippen LogP contribution in [0, 0.1) is 0 Å². The molecule has 0 aromatic carbocycles. The van der Waals surface area contributed by atoms with Crippen molar-refractivity contribution in [2.45, 2.75) is 32.5 Å². The fourth-order valence-electron chi connectivity index (χ4n) is 2.11. The number of halogens is 3. The molecular formula is C18H22F3N5O3. The normalized spacial score (nSPS) is 11.4. The summed E-state index contributed by atoms with van der Waals surface area (Å²) in [6.45, 7) is 3.53. The molecule has 29 heavy (non-hydrogen) atoms. The van der Waals surface area contributed by atoms with Crippen molar-refractivity contribution in [3.8, 4) is 5.75 Å².